The van der Waals surface area contributed by atoms with E-state index in [1.807, 2.05) is 36.4 Å². The summed E-state index contributed by atoms with van der Waals surface area (Å²) in [5, 5.41) is 9.74. The summed E-state index contributed by atoms with van der Waals surface area (Å²) in [6, 6.07) is 7.68. The van der Waals surface area contributed by atoms with Gasteiger partial charge in [0.1, 0.15) is 11.4 Å². The zero-order valence-electron chi connectivity index (χ0n) is 16.5. The van der Waals surface area contributed by atoms with Gasteiger partial charge in [0, 0.05) is 19.6 Å². The molecule has 0 unspecified atom stereocenters. The van der Waals surface area contributed by atoms with Crippen molar-refractivity contribution in [1.82, 2.24) is 9.80 Å². The number of aliphatic hydroxyl groups excluding tert-OH is 1. The lowest BCUT2D eigenvalue weighted by Gasteiger charge is -2.34. The van der Waals surface area contributed by atoms with Gasteiger partial charge in [-0.25, -0.2) is 0 Å². The van der Waals surface area contributed by atoms with Crippen molar-refractivity contribution in [3.63, 3.8) is 0 Å². The molecule has 1 N–H and O–H groups in total. The average molecular weight is 398 g/mol. The first-order chi connectivity index (χ1) is 14.0. The highest BCUT2D eigenvalue weighted by Crippen LogP contribution is 2.52. The van der Waals surface area contributed by atoms with Gasteiger partial charge in [-0.15, -0.1) is 0 Å². The number of hydrogen-bond donors (Lipinski definition) is 1. The van der Waals surface area contributed by atoms with Crippen LogP contribution >= 0.6 is 0 Å². The first-order valence-corrected chi connectivity index (χ1v) is 10.3. The van der Waals surface area contributed by atoms with Crippen molar-refractivity contribution in [3.8, 4) is 5.75 Å². The highest BCUT2D eigenvalue weighted by molar-refractivity contribution is 5.93. The van der Waals surface area contributed by atoms with Crippen molar-refractivity contribution in [3.05, 3.63) is 42.0 Å². The summed E-state index contributed by atoms with van der Waals surface area (Å²) in [5.41, 5.74) is 0.288. The maximum Gasteiger partial charge on any atom is 0.230 e. The molecular formula is C22H26N2O5. The van der Waals surface area contributed by atoms with Gasteiger partial charge in [-0.3, -0.25) is 9.59 Å². The van der Waals surface area contributed by atoms with E-state index in [0.29, 0.717) is 39.0 Å². The maximum atomic E-state index is 13.4. The average Bonchev–Trinajstić information content (AvgIpc) is 3.36. The molecule has 7 nitrogen and oxygen atoms in total. The number of likely N-dealkylation sites (tertiary alicyclic amines) is 2. The van der Waals surface area contributed by atoms with E-state index in [0.717, 1.165) is 11.3 Å². The van der Waals surface area contributed by atoms with Crippen LogP contribution in [0, 0.1) is 11.8 Å². The van der Waals surface area contributed by atoms with Crippen LogP contribution in [-0.4, -0.2) is 71.3 Å². The molecule has 3 fully saturated rings. The van der Waals surface area contributed by atoms with Crippen LogP contribution in [0.15, 0.2) is 36.4 Å². The SMILES string of the molecule is COc1cccc(CN2C[C@]34C=C[C@H](O3)[C@@H](C(=O)N3CCC(O)CC3)[C@H]4C2=O)c1. The number of carbonyl (C=O) groups excluding carboxylic acids is 2. The summed E-state index contributed by atoms with van der Waals surface area (Å²) in [6.45, 7) is 2.00. The number of amides is 2. The second-order valence-electron chi connectivity index (χ2n) is 8.50. The molecule has 29 heavy (non-hydrogen) atoms. The molecule has 5 rings (SSSR count). The molecule has 3 saturated heterocycles. The lowest BCUT2D eigenvalue weighted by Crippen LogP contribution is -2.49. The third-order valence-electron chi connectivity index (χ3n) is 6.75. The third kappa shape index (κ3) is 2.95. The Kier molecular flexibility index (Phi) is 4.40. The normalized spacial score (nSPS) is 33.4. The van der Waals surface area contributed by atoms with Gasteiger partial charge >= 0.3 is 0 Å². The molecule has 1 aromatic carbocycles. The largest absolute Gasteiger partial charge is 0.497 e. The predicted octanol–water partition coefficient (Wildman–Crippen LogP) is 0.960. The molecule has 4 atom stereocenters. The van der Waals surface area contributed by atoms with Crippen molar-refractivity contribution in [2.45, 2.75) is 37.2 Å². The Morgan fingerprint density at radius 2 is 2.14 bits per heavy atom. The van der Waals surface area contributed by atoms with Crippen LogP contribution in [0.3, 0.4) is 0 Å². The second kappa shape index (κ2) is 6.85. The molecule has 2 amide bonds. The van der Waals surface area contributed by atoms with E-state index in [-0.39, 0.29) is 24.0 Å². The van der Waals surface area contributed by atoms with Crippen LogP contribution in [-0.2, 0) is 20.9 Å². The predicted molar refractivity (Wildman–Crippen MR) is 104 cm³/mol. The van der Waals surface area contributed by atoms with Crippen LogP contribution in [0.2, 0.25) is 0 Å². The molecule has 0 radical (unpaired) electrons. The minimum atomic E-state index is -0.698. The molecule has 1 aromatic rings. The molecule has 4 aliphatic heterocycles. The Balaban J connectivity index is 1.36. The van der Waals surface area contributed by atoms with E-state index in [1.54, 1.807) is 16.9 Å². The lowest BCUT2D eigenvalue weighted by molar-refractivity contribution is -0.144. The number of piperidine rings is 1. The van der Waals surface area contributed by atoms with E-state index in [2.05, 4.69) is 0 Å². The minimum absolute atomic E-state index is 0.0185. The third-order valence-corrected chi connectivity index (χ3v) is 6.75. The molecule has 1 spiro atoms. The number of fused-ring (bicyclic) bond motifs is 1. The van der Waals surface area contributed by atoms with Gasteiger partial charge in [-0.2, -0.15) is 0 Å². The van der Waals surface area contributed by atoms with Crippen LogP contribution in [0.25, 0.3) is 0 Å². The number of aliphatic hydroxyl groups is 1. The van der Waals surface area contributed by atoms with Gasteiger partial charge in [-0.1, -0.05) is 24.3 Å². The molecule has 2 bridgehead atoms. The molecule has 0 aliphatic carbocycles. The molecule has 0 aromatic heterocycles. The van der Waals surface area contributed by atoms with Gasteiger partial charge in [0.2, 0.25) is 11.8 Å². The smallest absolute Gasteiger partial charge is 0.230 e. The first kappa shape index (κ1) is 18.6. The monoisotopic (exact) mass is 398 g/mol. The number of hydrogen-bond acceptors (Lipinski definition) is 5. The number of methoxy groups -OCH3 is 1. The Morgan fingerprint density at radius 3 is 2.90 bits per heavy atom. The Labute approximate surface area is 169 Å². The van der Waals surface area contributed by atoms with Gasteiger partial charge < -0.3 is 24.4 Å². The van der Waals surface area contributed by atoms with E-state index in [9.17, 15) is 14.7 Å². The van der Waals surface area contributed by atoms with Crippen LogP contribution in [0.5, 0.6) is 5.75 Å². The number of nitrogens with zero attached hydrogens (tertiary/aromatic N) is 2. The highest BCUT2D eigenvalue weighted by atomic mass is 16.5. The summed E-state index contributed by atoms with van der Waals surface area (Å²) in [4.78, 5) is 30.2. The lowest BCUT2D eigenvalue weighted by atomic mass is 9.76. The van der Waals surface area contributed by atoms with E-state index in [1.165, 1.54) is 0 Å². The summed E-state index contributed by atoms with van der Waals surface area (Å²) in [6.07, 6.45) is 4.43. The van der Waals surface area contributed by atoms with Gasteiger partial charge in [-0.05, 0) is 30.5 Å². The fourth-order valence-corrected chi connectivity index (χ4v) is 5.28. The van der Waals surface area contributed by atoms with Gasteiger partial charge in [0.25, 0.3) is 0 Å². The Hall–Kier alpha value is -2.38. The molecule has 154 valence electrons. The molecule has 4 heterocycles. The standard InChI is InChI=1S/C22H26N2O5/c1-28-16-4-2-3-14(11-16)12-24-13-22-8-5-17(29-22)18(19(22)21(24)27)20(26)23-9-6-15(25)7-10-23/h2-5,8,11,15,17-19,25H,6-7,9-10,12-13H2,1H3/t17-,18+,19-,22-/m0/s1. The zero-order valence-corrected chi connectivity index (χ0v) is 16.5. The second-order valence-corrected chi connectivity index (χ2v) is 8.50. The minimum Gasteiger partial charge on any atom is -0.497 e. The van der Waals surface area contributed by atoms with Crippen molar-refractivity contribution in [2.24, 2.45) is 11.8 Å². The quantitative estimate of drug-likeness (QED) is 0.765. The molecule has 7 heteroatoms. The fraction of sp³-hybridized carbons (Fsp3) is 0.545. The molecule has 0 saturated carbocycles. The number of benzene rings is 1. The maximum absolute atomic E-state index is 13.4. The summed E-state index contributed by atoms with van der Waals surface area (Å²) >= 11 is 0. The summed E-state index contributed by atoms with van der Waals surface area (Å²) in [7, 11) is 1.62. The Bertz CT molecular complexity index is 863. The van der Waals surface area contributed by atoms with Crippen molar-refractivity contribution < 1.29 is 24.2 Å². The van der Waals surface area contributed by atoms with E-state index in [4.69, 9.17) is 9.47 Å². The van der Waals surface area contributed by atoms with Gasteiger partial charge in [0.05, 0.1) is 37.7 Å². The molecule has 4 aliphatic rings. The summed E-state index contributed by atoms with van der Waals surface area (Å²) < 4.78 is 11.5. The topological polar surface area (TPSA) is 79.3 Å². The summed E-state index contributed by atoms with van der Waals surface area (Å²) in [5.74, 6) is -0.227. The van der Waals surface area contributed by atoms with Crippen molar-refractivity contribution >= 4 is 11.8 Å². The Morgan fingerprint density at radius 1 is 1.34 bits per heavy atom. The van der Waals surface area contributed by atoms with E-state index >= 15 is 0 Å². The highest BCUT2D eigenvalue weighted by Gasteiger charge is 2.67. The zero-order chi connectivity index (χ0) is 20.2. The fourth-order valence-electron chi connectivity index (χ4n) is 5.28. The van der Waals surface area contributed by atoms with Gasteiger partial charge in [0.15, 0.2) is 0 Å². The van der Waals surface area contributed by atoms with Crippen molar-refractivity contribution in [2.75, 3.05) is 26.7 Å². The number of ether oxygens (including phenoxy) is 2. The number of rotatable bonds is 4. The molecular weight excluding hydrogens is 372 g/mol. The van der Waals surface area contributed by atoms with Crippen LogP contribution < -0.4 is 4.74 Å². The van der Waals surface area contributed by atoms with Crippen LogP contribution in [0.1, 0.15) is 18.4 Å². The van der Waals surface area contributed by atoms with Crippen LogP contribution in [0.4, 0.5) is 0 Å². The van der Waals surface area contributed by atoms with Crippen molar-refractivity contribution in [1.29, 1.82) is 0 Å². The number of carbonyl (C=O) groups is 2. The van der Waals surface area contributed by atoms with E-state index < -0.39 is 17.4 Å². The first-order valence-electron chi connectivity index (χ1n) is 10.3.